The summed E-state index contributed by atoms with van der Waals surface area (Å²) < 4.78 is 30.8. The van der Waals surface area contributed by atoms with Crippen molar-refractivity contribution in [2.45, 2.75) is 31.3 Å². The van der Waals surface area contributed by atoms with Gasteiger partial charge >= 0.3 is 0 Å². The van der Waals surface area contributed by atoms with E-state index in [2.05, 4.69) is 30.5 Å². The zero-order valence-electron chi connectivity index (χ0n) is 18.6. The van der Waals surface area contributed by atoms with Crippen molar-refractivity contribution in [2.75, 3.05) is 5.73 Å². The van der Waals surface area contributed by atoms with E-state index >= 15 is 0 Å². The molecule has 5 heterocycles. The molecule has 36 heavy (non-hydrogen) atoms. The number of nitrogens with one attached hydrogen (secondary N) is 1. The lowest BCUT2D eigenvalue weighted by atomic mass is 9.92. The van der Waals surface area contributed by atoms with E-state index in [-0.39, 0.29) is 34.8 Å². The van der Waals surface area contributed by atoms with Crippen LogP contribution >= 0.6 is 11.6 Å². The SMILES string of the molecule is Nc1nccc(-c2nc([C@@H]3CC[C@@H]4CC(c5cc(Cl)ccc5-n5cnnn5)=CC(=O)N43)[nH]c2F)c1F. The van der Waals surface area contributed by atoms with Crippen molar-refractivity contribution < 1.29 is 13.6 Å². The number of benzene rings is 1. The summed E-state index contributed by atoms with van der Waals surface area (Å²) in [6.07, 6.45) is 6.12. The monoisotopic (exact) mass is 509 g/mol. The highest BCUT2D eigenvalue weighted by Gasteiger charge is 2.42. The van der Waals surface area contributed by atoms with Crippen LogP contribution in [0.2, 0.25) is 5.02 Å². The molecule has 182 valence electrons. The molecule has 0 spiro atoms. The number of carbonyl (C=O) groups is 1. The predicted octanol–water partition coefficient (Wildman–Crippen LogP) is 3.48. The molecule has 0 radical (unpaired) electrons. The first-order valence-corrected chi connectivity index (χ1v) is 11.5. The molecule has 0 saturated carbocycles. The zero-order valence-corrected chi connectivity index (χ0v) is 19.3. The number of carbonyl (C=O) groups excluding carboxylic acids is 1. The number of rotatable bonds is 4. The van der Waals surface area contributed by atoms with Crippen LogP contribution < -0.4 is 5.73 Å². The normalized spacial score (nSPS) is 19.5. The zero-order chi connectivity index (χ0) is 25.0. The van der Waals surface area contributed by atoms with Gasteiger partial charge in [-0.25, -0.2) is 14.4 Å². The number of H-pyrrole nitrogens is 1. The van der Waals surface area contributed by atoms with Crippen LogP contribution in [0.5, 0.6) is 0 Å². The minimum atomic E-state index is -0.847. The lowest BCUT2D eigenvalue weighted by Gasteiger charge is -2.33. The van der Waals surface area contributed by atoms with Gasteiger partial charge in [-0.15, -0.1) is 5.10 Å². The molecule has 1 aromatic carbocycles. The molecule has 2 aliphatic rings. The van der Waals surface area contributed by atoms with E-state index in [4.69, 9.17) is 17.3 Å². The van der Waals surface area contributed by atoms with E-state index < -0.39 is 17.8 Å². The highest BCUT2D eigenvalue weighted by Crippen LogP contribution is 2.43. The Morgan fingerprint density at radius 2 is 2.03 bits per heavy atom. The Bertz CT molecular complexity index is 1520. The fraction of sp³-hybridized carbons (Fsp3) is 0.217. The Hall–Kier alpha value is -4.19. The van der Waals surface area contributed by atoms with Crippen LogP contribution in [0.15, 0.2) is 42.9 Å². The average molecular weight is 510 g/mol. The fourth-order valence-corrected chi connectivity index (χ4v) is 5.17. The first-order chi connectivity index (χ1) is 17.4. The molecule has 1 fully saturated rings. The summed E-state index contributed by atoms with van der Waals surface area (Å²) in [6, 6.07) is 6.00. The Kier molecular flexibility index (Phi) is 5.25. The van der Waals surface area contributed by atoms with Crippen molar-refractivity contribution in [1.82, 2.24) is 40.1 Å². The van der Waals surface area contributed by atoms with Crippen LogP contribution in [0.25, 0.3) is 22.5 Å². The number of nitrogens with two attached hydrogens (primary N) is 1. The summed E-state index contributed by atoms with van der Waals surface area (Å²) in [4.78, 5) is 25.6. The van der Waals surface area contributed by atoms with Crippen LogP contribution in [0.1, 0.15) is 36.7 Å². The van der Waals surface area contributed by atoms with E-state index in [9.17, 15) is 13.6 Å². The van der Waals surface area contributed by atoms with E-state index in [0.29, 0.717) is 30.0 Å². The molecule has 1 saturated heterocycles. The smallest absolute Gasteiger partial charge is 0.247 e. The largest absolute Gasteiger partial charge is 0.381 e. The first kappa shape index (κ1) is 22.3. The molecule has 1 amide bonds. The number of hydrogen-bond acceptors (Lipinski definition) is 7. The van der Waals surface area contributed by atoms with Crippen molar-refractivity contribution in [2.24, 2.45) is 0 Å². The molecule has 0 aliphatic carbocycles. The predicted molar refractivity (Wildman–Crippen MR) is 126 cm³/mol. The number of imidazole rings is 1. The van der Waals surface area contributed by atoms with Gasteiger partial charge in [-0.2, -0.15) is 9.07 Å². The number of anilines is 1. The molecule has 2 atom stereocenters. The van der Waals surface area contributed by atoms with Crippen molar-refractivity contribution in [1.29, 1.82) is 0 Å². The summed E-state index contributed by atoms with van der Waals surface area (Å²) in [5.74, 6) is -1.97. The lowest BCUT2D eigenvalue weighted by molar-refractivity contribution is -0.129. The van der Waals surface area contributed by atoms with Gasteiger partial charge in [0.1, 0.15) is 17.8 Å². The number of aromatic nitrogens is 7. The average Bonchev–Trinajstić information content (AvgIpc) is 3.61. The van der Waals surface area contributed by atoms with Gasteiger partial charge in [0, 0.05) is 34.5 Å². The maximum absolute atomic E-state index is 14.8. The Morgan fingerprint density at radius 1 is 1.17 bits per heavy atom. The third-order valence-corrected chi connectivity index (χ3v) is 6.81. The van der Waals surface area contributed by atoms with Gasteiger partial charge in [-0.1, -0.05) is 11.6 Å². The minimum Gasteiger partial charge on any atom is -0.381 e. The third-order valence-electron chi connectivity index (χ3n) is 6.58. The number of halogens is 3. The van der Waals surface area contributed by atoms with E-state index in [1.54, 1.807) is 29.2 Å². The number of nitrogens with zero attached hydrogens (tertiary/aromatic N) is 7. The van der Waals surface area contributed by atoms with Crippen LogP contribution in [0.4, 0.5) is 14.6 Å². The molecule has 4 aromatic rings. The van der Waals surface area contributed by atoms with Crippen LogP contribution in [-0.2, 0) is 4.79 Å². The minimum absolute atomic E-state index is 0.0970. The number of aromatic amines is 1. The molecule has 6 rings (SSSR count). The summed E-state index contributed by atoms with van der Waals surface area (Å²) in [6.45, 7) is 0. The second-order valence-corrected chi connectivity index (χ2v) is 9.06. The number of hydrogen-bond donors (Lipinski definition) is 2. The Balaban J connectivity index is 1.33. The Morgan fingerprint density at radius 3 is 2.83 bits per heavy atom. The number of amides is 1. The second-order valence-electron chi connectivity index (χ2n) is 8.62. The van der Waals surface area contributed by atoms with Crippen LogP contribution in [-0.4, -0.2) is 52.0 Å². The van der Waals surface area contributed by atoms with Crippen molar-refractivity contribution >= 4 is 28.9 Å². The van der Waals surface area contributed by atoms with Gasteiger partial charge in [0.2, 0.25) is 11.9 Å². The number of pyridine rings is 1. The van der Waals surface area contributed by atoms with E-state index in [1.165, 1.54) is 23.3 Å². The molecule has 3 aromatic heterocycles. The van der Waals surface area contributed by atoms with Gasteiger partial charge < -0.3 is 15.6 Å². The lowest BCUT2D eigenvalue weighted by Crippen LogP contribution is -2.39. The number of tetrazole rings is 1. The number of nitrogen functional groups attached to an aromatic ring is 1. The van der Waals surface area contributed by atoms with Crippen molar-refractivity contribution in [3.63, 3.8) is 0 Å². The molecule has 3 N–H and O–H groups in total. The standard InChI is InChI=1S/C23H18ClF2N9O/c24-12-1-3-16(34-10-29-32-33-34)15(9-12)11-7-13-2-4-17(35(13)18(36)8-11)23-30-20(21(26)31-23)14-5-6-28-22(27)19(14)25/h1,3,5-6,8-10,13,17H,2,4,7H2,(H2,27,28)(H,30,31)/t13-,17+/m1/s1. The molecular weight excluding hydrogens is 492 g/mol. The molecule has 10 nitrogen and oxygen atoms in total. The van der Waals surface area contributed by atoms with Crippen molar-refractivity contribution in [3.05, 3.63) is 71.0 Å². The third kappa shape index (κ3) is 3.61. The Labute approximate surface area is 207 Å². The molecular formula is C23H18ClF2N9O. The topological polar surface area (TPSA) is 132 Å². The maximum atomic E-state index is 14.8. The van der Waals surface area contributed by atoms with Crippen LogP contribution in [0.3, 0.4) is 0 Å². The summed E-state index contributed by atoms with van der Waals surface area (Å²) >= 11 is 6.27. The molecule has 2 aliphatic heterocycles. The quantitative estimate of drug-likeness (QED) is 0.430. The highest BCUT2D eigenvalue weighted by molar-refractivity contribution is 6.30. The van der Waals surface area contributed by atoms with E-state index in [0.717, 1.165) is 11.1 Å². The highest BCUT2D eigenvalue weighted by atomic mass is 35.5. The molecule has 0 bridgehead atoms. The van der Waals surface area contributed by atoms with Gasteiger partial charge in [0.15, 0.2) is 11.6 Å². The van der Waals surface area contributed by atoms with E-state index in [1.807, 2.05) is 0 Å². The van der Waals surface area contributed by atoms with Gasteiger partial charge in [0.25, 0.3) is 0 Å². The van der Waals surface area contributed by atoms with Gasteiger partial charge in [-0.05, 0) is 59.5 Å². The molecule has 13 heteroatoms. The maximum Gasteiger partial charge on any atom is 0.247 e. The fourth-order valence-electron chi connectivity index (χ4n) is 4.99. The van der Waals surface area contributed by atoms with Crippen LogP contribution in [0, 0.1) is 11.8 Å². The summed E-state index contributed by atoms with van der Waals surface area (Å²) in [7, 11) is 0. The summed E-state index contributed by atoms with van der Waals surface area (Å²) in [5, 5.41) is 11.9. The molecule has 0 unspecified atom stereocenters. The van der Waals surface area contributed by atoms with Gasteiger partial charge in [-0.3, -0.25) is 4.79 Å². The summed E-state index contributed by atoms with van der Waals surface area (Å²) in [5.41, 5.74) is 7.48. The number of fused-ring (bicyclic) bond motifs is 1. The van der Waals surface area contributed by atoms with Gasteiger partial charge in [0.05, 0.1) is 11.7 Å². The van der Waals surface area contributed by atoms with Crippen molar-refractivity contribution in [3.8, 4) is 16.9 Å². The first-order valence-electron chi connectivity index (χ1n) is 11.1. The second kappa shape index (κ2) is 8.48.